The third kappa shape index (κ3) is 3.41. The fraction of sp³-hybridized carbons (Fsp3) is 0.818. The van der Waals surface area contributed by atoms with Crippen LogP contribution in [-0.4, -0.2) is 62.3 Å². The molecule has 1 rings (SSSR count). The van der Waals surface area contributed by atoms with Crippen molar-refractivity contribution in [1.29, 1.82) is 0 Å². The summed E-state index contributed by atoms with van der Waals surface area (Å²) < 4.78 is 10.2. The summed E-state index contributed by atoms with van der Waals surface area (Å²) in [6.07, 6.45) is 0. The number of ether oxygens (including phenoxy) is 2. The lowest BCUT2D eigenvalue weighted by molar-refractivity contribution is -0.154. The molecule has 98 valence electrons. The molecular formula is C11H20N2O4. The minimum absolute atomic E-state index is 0.138. The largest absolute Gasteiger partial charge is 0.465 e. The lowest BCUT2D eigenvalue weighted by Gasteiger charge is -2.37. The fourth-order valence-corrected chi connectivity index (χ4v) is 1.87. The van der Waals surface area contributed by atoms with Crippen molar-refractivity contribution in [3.63, 3.8) is 0 Å². The highest BCUT2D eigenvalue weighted by molar-refractivity contribution is 5.83. The summed E-state index contributed by atoms with van der Waals surface area (Å²) in [5.74, 6) is -0.441. The summed E-state index contributed by atoms with van der Waals surface area (Å²) in [4.78, 5) is 25.2. The minimum atomic E-state index is -0.429. The monoisotopic (exact) mass is 244 g/mol. The van der Waals surface area contributed by atoms with E-state index in [1.165, 1.54) is 0 Å². The molecule has 0 spiro atoms. The Hall–Kier alpha value is -1.14. The molecule has 0 saturated carbocycles. The zero-order chi connectivity index (χ0) is 12.8. The van der Waals surface area contributed by atoms with Crippen LogP contribution in [0.1, 0.15) is 13.8 Å². The Morgan fingerprint density at radius 1 is 1.59 bits per heavy atom. The Kier molecular flexibility index (Phi) is 5.37. The molecule has 2 unspecified atom stereocenters. The highest BCUT2D eigenvalue weighted by atomic mass is 16.5. The Balaban J connectivity index is 2.70. The van der Waals surface area contributed by atoms with Gasteiger partial charge < -0.3 is 14.8 Å². The summed E-state index contributed by atoms with van der Waals surface area (Å²) >= 11 is 0. The van der Waals surface area contributed by atoms with Crippen molar-refractivity contribution in [3.05, 3.63) is 0 Å². The SMILES string of the molecule is CCOC(=O)C(C)N1CCOCC1C(=O)NC. The average molecular weight is 244 g/mol. The van der Waals surface area contributed by atoms with Crippen LogP contribution in [-0.2, 0) is 19.1 Å². The molecule has 1 heterocycles. The number of likely N-dealkylation sites (N-methyl/N-ethyl adjacent to an activating group) is 1. The van der Waals surface area contributed by atoms with Crippen molar-refractivity contribution >= 4 is 11.9 Å². The molecule has 1 saturated heterocycles. The quantitative estimate of drug-likeness (QED) is 0.668. The number of hydrogen-bond acceptors (Lipinski definition) is 5. The second kappa shape index (κ2) is 6.56. The first-order valence-corrected chi connectivity index (χ1v) is 5.83. The van der Waals surface area contributed by atoms with E-state index >= 15 is 0 Å². The summed E-state index contributed by atoms with van der Waals surface area (Å²) in [5, 5.41) is 2.58. The summed E-state index contributed by atoms with van der Waals surface area (Å²) in [5.41, 5.74) is 0. The first kappa shape index (κ1) is 13.9. The predicted molar refractivity (Wildman–Crippen MR) is 61.5 cm³/mol. The third-order valence-electron chi connectivity index (χ3n) is 2.84. The van der Waals surface area contributed by atoms with E-state index in [0.717, 1.165) is 0 Å². The maximum absolute atomic E-state index is 11.7. The van der Waals surface area contributed by atoms with Gasteiger partial charge in [0.25, 0.3) is 0 Å². The summed E-state index contributed by atoms with van der Waals surface area (Å²) in [6.45, 7) is 5.25. The van der Waals surface area contributed by atoms with Crippen LogP contribution in [0, 0.1) is 0 Å². The van der Waals surface area contributed by atoms with Crippen LogP contribution < -0.4 is 5.32 Å². The lowest BCUT2D eigenvalue weighted by atomic mass is 10.1. The van der Waals surface area contributed by atoms with Crippen LogP contribution in [0.15, 0.2) is 0 Å². The first-order valence-electron chi connectivity index (χ1n) is 5.83. The molecule has 2 atom stereocenters. The van der Waals surface area contributed by atoms with Gasteiger partial charge in [-0.3, -0.25) is 14.5 Å². The van der Waals surface area contributed by atoms with E-state index in [1.54, 1.807) is 20.9 Å². The van der Waals surface area contributed by atoms with Gasteiger partial charge in [-0.15, -0.1) is 0 Å². The van der Waals surface area contributed by atoms with Crippen molar-refractivity contribution in [2.75, 3.05) is 33.4 Å². The number of carbonyl (C=O) groups is 2. The maximum atomic E-state index is 11.7. The molecule has 17 heavy (non-hydrogen) atoms. The molecule has 0 bridgehead atoms. The van der Waals surface area contributed by atoms with E-state index in [9.17, 15) is 9.59 Å². The second-order valence-electron chi connectivity index (χ2n) is 3.87. The highest BCUT2D eigenvalue weighted by Gasteiger charge is 2.35. The van der Waals surface area contributed by atoms with Gasteiger partial charge in [0.1, 0.15) is 12.1 Å². The summed E-state index contributed by atoms with van der Waals surface area (Å²) in [7, 11) is 1.57. The number of hydrogen-bond donors (Lipinski definition) is 1. The van der Waals surface area contributed by atoms with Crippen LogP contribution in [0.3, 0.4) is 0 Å². The van der Waals surface area contributed by atoms with Crippen molar-refractivity contribution in [3.8, 4) is 0 Å². The van der Waals surface area contributed by atoms with Crippen molar-refractivity contribution in [2.45, 2.75) is 25.9 Å². The number of rotatable bonds is 4. The normalized spacial score (nSPS) is 22.9. The van der Waals surface area contributed by atoms with E-state index in [1.807, 2.05) is 4.90 Å². The minimum Gasteiger partial charge on any atom is -0.465 e. The number of carbonyl (C=O) groups excluding carboxylic acids is 2. The first-order chi connectivity index (χ1) is 8.11. The number of nitrogens with one attached hydrogen (secondary N) is 1. The molecule has 0 aromatic carbocycles. The van der Waals surface area contributed by atoms with Crippen LogP contribution in [0.2, 0.25) is 0 Å². The maximum Gasteiger partial charge on any atom is 0.323 e. The predicted octanol–water partition coefficient (Wildman–Crippen LogP) is -0.615. The summed E-state index contributed by atoms with van der Waals surface area (Å²) in [6, 6.07) is -0.852. The smallest absolute Gasteiger partial charge is 0.323 e. The number of amides is 1. The number of esters is 1. The molecule has 6 nitrogen and oxygen atoms in total. The van der Waals surface area contributed by atoms with Crippen LogP contribution in [0.5, 0.6) is 0 Å². The highest BCUT2D eigenvalue weighted by Crippen LogP contribution is 2.12. The van der Waals surface area contributed by atoms with Crippen LogP contribution in [0.25, 0.3) is 0 Å². The molecule has 0 aromatic heterocycles. The zero-order valence-corrected chi connectivity index (χ0v) is 10.6. The topological polar surface area (TPSA) is 67.9 Å². The molecular weight excluding hydrogens is 224 g/mol. The van der Waals surface area contributed by atoms with Gasteiger partial charge in [-0.05, 0) is 13.8 Å². The van der Waals surface area contributed by atoms with E-state index in [2.05, 4.69) is 5.32 Å². The molecule has 1 aliphatic rings. The third-order valence-corrected chi connectivity index (χ3v) is 2.84. The number of nitrogens with zero attached hydrogens (tertiary/aromatic N) is 1. The average Bonchev–Trinajstić information content (AvgIpc) is 2.37. The van der Waals surface area contributed by atoms with Gasteiger partial charge in [0, 0.05) is 13.6 Å². The number of morpholine rings is 1. The zero-order valence-electron chi connectivity index (χ0n) is 10.6. The van der Waals surface area contributed by atoms with Crippen molar-refractivity contribution in [1.82, 2.24) is 10.2 Å². The van der Waals surface area contributed by atoms with Gasteiger partial charge >= 0.3 is 5.97 Å². The lowest BCUT2D eigenvalue weighted by Crippen LogP contribution is -2.58. The van der Waals surface area contributed by atoms with E-state index in [-0.39, 0.29) is 11.9 Å². The molecule has 0 radical (unpaired) electrons. The van der Waals surface area contributed by atoms with Gasteiger partial charge in [0.05, 0.1) is 19.8 Å². The van der Waals surface area contributed by atoms with E-state index < -0.39 is 12.1 Å². The molecule has 0 aromatic rings. The Morgan fingerprint density at radius 2 is 2.29 bits per heavy atom. The Labute approximate surface area is 101 Å². The van der Waals surface area contributed by atoms with Crippen LogP contribution in [0.4, 0.5) is 0 Å². The van der Waals surface area contributed by atoms with Gasteiger partial charge in [-0.2, -0.15) is 0 Å². The molecule has 1 aliphatic heterocycles. The Morgan fingerprint density at radius 3 is 2.88 bits per heavy atom. The van der Waals surface area contributed by atoms with E-state index in [0.29, 0.717) is 26.4 Å². The Bertz CT molecular complexity index is 283. The van der Waals surface area contributed by atoms with Crippen LogP contribution >= 0.6 is 0 Å². The fourth-order valence-electron chi connectivity index (χ4n) is 1.87. The molecule has 1 N–H and O–H groups in total. The van der Waals surface area contributed by atoms with Crippen molar-refractivity contribution in [2.24, 2.45) is 0 Å². The molecule has 6 heteroatoms. The van der Waals surface area contributed by atoms with Gasteiger partial charge in [-0.25, -0.2) is 0 Å². The molecule has 1 amide bonds. The standard InChI is InChI=1S/C11H20N2O4/c1-4-17-11(15)8(2)13-5-6-16-7-9(13)10(14)12-3/h8-9H,4-7H2,1-3H3,(H,12,14). The molecule has 0 aliphatic carbocycles. The van der Waals surface area contributed by atoms with Gasteiger partial charge in [-0.1, -0.05) is 0 Å². The van der Waals surface area contributed by atoms with Gasteiger partial charge in [0.15, 0.2) is 0 Å². The molecule has 1 fully saturated rings. The second-order valence-corrected chi connectivity index (χ2v) is 3.87. The van der Waals surface area contributed by atoms with Gasteiger partial charge in [0.2, 0.25) is 5.91 Å². The van der Waals surface area contributed by atoms with Crippen molar-refractivity contribution < 1.29 is 19.1 Å². The van der Waals surface area contributed by atoms with E-state index in [4.69, 9.17) is 9.47 Å².